The molecule has 0 saturated heterocycles. The smallest absolute Gasteiger partial charge is 0.131 e. The van der Waals surface area contributed by atoms with Crippen molar-refractivity contribution in [3.8, 4) is 5.75 Å². The largest absolute Gasteiger partial charge is 0.508 e. The lowest BCUT2D eigenvalue weighted by molar-refractivity contribution is 0.463. The van der Waals surface area contributed by atoms with Crippen LogP contribution in [-0.2, 0) is 6.54 Å². The summed E-state index contributed by atoms with van der Waals surface area (Å²) in [6.45, 7) is 2.26. The number of hydrogen-bond donors (Lipinski definition) is 2. The van der Waals surface area contributed by atoms with E-state index in [4.69, 9.17) is 5.11 Å². The third-order valence-electron chi connectivity index (χ3n) is 2.95. The van der Waals surface area contributed by atoms with Gasteiger partial charge in [-0.15, -0.1) is 0 Å². The van der Waals surface area contributed by atoms with Gasteiger partial charge >= 0.3 is 0 Å². The molecule has 0 aromatic heterocycles. The number of nitrogens with one attached hydrogen (secondary N) is 1. The van der Waals surface area contributed by atoms with Crippen LogP contribution in [0.2, 0.25) is 0 Å². The van der Waals surface area contributed by atoms with Gasteiger partial charge in [0.25, 0.3) is 0 Å². The van der Waals surface area contributed by atoms with Crippen molar-refractivity contribution in [3.63, 3.8) is 0 Å². The number of benzene rings is 2. The summed E-state index contributed by atoms with van der Waals surface area (Å²) >= 11 is 0. The topological polar surface area (TPSA) is 32.3 Å². The summed E-state index contributed by atoms with van der Waals surface area (Å²) in [5.74, 6) is -0.847. The van der Waals surface area contributed by atoms with Crippen molar-refractivity contribution in [2.24, 2.45) is 0 Å². The maximum Gasteiger partial charge on any atom is 0.131 e. The van der Waals surface area contributed by atoms with Gasteiger partial charge in [0.1, 0.15) is 17.4 Å². The molecule has 100 valence electrons. The molecule has 0 radical (unpaired) electrons. The molecule has 2 aromatic rings. The zero-order valence-electron chi connectivity index (χ0n) is 10.5. The molecule has 2 aromatic carbocycles. The van der Waals surface area contributed by atoms with Crippen LogP contribution in [0.4, 0.5) is 8.78 Å². The predicted molar refractivity (Wildman–Crippen MR) is 69.7 cm³/mol. The summed E-state index contributed by atoms with van der Waals surface area (Å²) in [6.07, 6.45) is 0. The lowest BCUT2D eigenvalue weighted by atomic mass is 10.1. The molecular formula is C15H15F2NO. The molecule has 0 aliphatic carbocycles. The number of aromatic hydroxyl groups is 1. The molecule has 0 bridgehead atoms. The number of hydrogen-bond acceptors (Lipinski definition) is 2. The Kier molecular flexibility index (Phi) is 4.12. The van der Waals surface area contributed by atoms with Crippen LogP contribution in [0.25, 0.3) is 0 Å². The van der Waals surface area contributed by atoms with Crippen LogP contribution in [0.15, 0.2) is 42.5 Å². The lowest BCUT2D eigenvalue weighted by Crippen LogP contribution is -2.19. The van der Waals surface area contributed by atoms with Crippen LogP contribution in [0, 0.1) is 11.6 Å². The zero-order chi connectivity index (χ0) is 13.8. The normalized spacial score (nSPS) is 12.4. The standard InChI is InChI=1S/C15H15F2NO/c1-10(14-6-5-13(19)8-15(14)17)18-9-11-3-2-4-12(16)7-11/h2-8,10,18-19H,9H2,1H3. The second kappa shape index (κ2) is 5.80. The van der Waals surface area contributed by atoms with Crippen LogP contribution in [-0.4, -0.2) is 5.11 Å². The molecule has 0 fully saturated rings. The Morgan fingerprint density at radius 3 is 2.63 bits per heavy atom. The van der Waals surface area contributed by atoms with Gasteiger partial charge in [-0.2, -0.15) is 0 Å². The minimum Gasteiger partial charge on any atom is -0.508 e. The first-order valence-electron chi connectivity index (χ1n) is 6.02. The van der Waals surface area contributed by atoms with Crippen molar-refractivity contribution in [3.05, 3.63) is 65.2 Å². The van der Waals surface area contributed by atoms with Gasteiger partial charge < -0.3 is 10.4 Å². The molecule has 4 heteroatoms. The highest BCUT2D eigenvalue weighted by molar-refractivity contribution is 5.29. The molecule has 0 heterocycles. The molecule has 19 heavy (non-hydrogen) atoms. The summed E-state index contributed by atoms with van der Waals surface area (Å²) in [5, 5.41) is 12.3. The number of phenolic OH excluding ortho intramolecular Hbond substituents is 1. The van der Waals surface area contributed by atoms with Crippen molar-refractivity contribution >= 4 is 0 Å². The van der Waals surface area contributed by atoms with E-state index in [2.05, 4.69) is 5.32 Å². The first-order valence-corrected chi connectivity index (χ1v) is 6.02. The average Bonchev–Trinajstić information content (AvgIpc) is 2.36. The Bertz CT molecular complexity index is 572. The van der Waals surface area contributed by atoms with Gasteiger partial charge in [0.15, 0.2) is 0 Å². The van der Waals surface area contributed by atoms with Crippen molar-refractivity contribution < 1.29 is 13.9 Å². The number of halogens is 2. The molecule has 0 aliphatic rings. The lowest BCUT2D eigenvalue weighted by Gasteiger charge is -2.15. The minimum atomic E-state index is -0.459. The van der Waals surface area contributed by atoms with E-state index in [-0.39, 0.29) is 17.6 Å². The fourth-order valence-electron chi connectivity index (χ4n) is 1.90. The third-order valence-corrected chi connectivity index (χ3v) is 2.95. The highest BCUT2D eigenvalue weighted by Crippen LogP contribution is 2.21. The monoisotopic (exact) mass is 263 g/mol. The molecule has 0 aliphatic heterocycles. The van der Waals surface area contributed by atoms with Gasteiger partial charge in [0.2, 0.25) is 0 Å². The fraction of sp³-hybridized carbons (Fsp3) is 0.200. The molecule has 1 unspecified atom stereocenters. The summed E-state index contributed by atoms with van der Waals surface area (Å²) in [5.41, 5.74) is 1.26. The Morgan fingerprint density at radius 2 is 1.95 bits per heavy atom. The Balaban J connectivity index is 2.03. The van der Waals surface area contributed by atoms with E-state index in [0.717, 1.165) is 11.6 Å². The predicted octanol–water partition coefficient (Wildman–Crippen LogP) is 3.52. The highest BCUT2D eigenvalue weighted by Gasteiger charge is 2.11. The van der Waals surface area contributed by atoms with Crippen LogP contribution in [0.3, 0.4) is 0 Å². The molecule has 0 saturated carbocycles. The van der Waals surface area contributed by atoms with Crippen molar-refractivity contribution in [2.75, 3.05) is 0 Å². The van der Waals surface area contributed by atoms with E-state index in [1.54, 1.807) is 12.1 Å². The number of rotatable bonds is 4. The Labute approximate surface area is 110 Å². The van der Waals surface area contributed by atoms with Crippen molar-refractivity contribution in [1.82, 2.24) is 5.32 Å². The van der Waals surface area contributed by atoms with E-state index < -0.39 is 5.82 Å². The minimum absolute atomic E-state index is 0.0985. The van der Waals surface area contributed by atoms with Crippen LogP contribution >= 0.6 is 0 Å². The van der Waals surface area contributed by atoms with Gasteiger partial charge in [0.05, 0.1) is 0 Å². The molecule has 1 atom stereocenters. The van der Waals surface area contributed by atoms with Crippen LogP contribution < -0.4 is 5.32 Å². The van der Waals surface area contributed by atoms with E-state index in [0.29, 0.717) is 12.1 Å². The Morgan fingerprint density at radius 1 is 1.16 bits per heavy atom. The maximum atomic E-state index is 13.6. The fourth-order valence-corrected chi connectivity index (χ4v) is 1.90. The SMILES string of the molecule is CC(NCc1cccc(F)c1)c1ccc(O)cc1F. The van der Waals surface area contributed by atoms with Gasteiger partial charge in [-0.1, -0.05) is 18.2 Å². The summed E-state index contributed by atoms with van der Waals surface area (Å²) < 4.78 is 26.6. The van der Waals surface area contributed by atoms with Gasteiger partial charge in [-0.3, -0.25) is 0 Å². The van der Waals surface area contributed by atoms with E-state index in [1.165, 1.54) is 24.3 Å². The molecule has 0 amide bonds. The zero-order valence-corrected chi connectivity index (χ0v) is 10.5. The van der Waals surface area contributed by atoms with Crippen molar-refractivity contribution in [2.45, 2.75) is 19.5 Å². The molecule has 2 nitrogen and oxygen atoms in total. The van der Waals surface area contributed by atoms with E-state index in [1.807, 2.05) is 6.92 Å². The summed E-state index contributed by atoms with van der Waals surface area (Å²) in [7, 11) is 0. The van der Waals surface area contributed by atoms with Crippen molar-refractivity contribution in [1.29, 1.82) is 0 Å². The maximum absolute atomic E-state index is 13.6. The highest BCUT2D eigenvalue weighted by atomic mass is 19.1. The molecule has 0 spiro atoms. The van der Waals surface area contributed by atoms with Gasteiger partial charge in [0, 0.05) is 24.2 Å². The summed E-state index contributed by atoms with van der Waals surface area (Å²) in [6, 6.07) is 10.1. The molecule has 2 N–H and O–H groups in total. The first-order chi connectivity index (χ1) is 9.06. The average molecular weight is 263 g/mol. The van der Waals surface area contributed by atoms with Crippen LogP contribution in [0.1, 0.15) is 24.1 Å². The van der Waals surface area contributed by atoms with Gasteiger partial charge in [-0.05, 0) is 30.7 Å². The second-order valence-corrected chi connectivity index (χ2v) is 4.44. The van der Waals surface area contributed by atoms with E-state index >= 15 is 0 Å². The molecular weight excluding hydrogens is 248 g/mol. The van der Waals surface area contributed by atoms with Gasteiger partial charge in [-0.25, -0.2) is 8.78 Å². The van der Waals surface area contributed by atoms with Crippen LogP contribution in [0.5, 0.6) is 5.75 Å². The summed E-state index contributed by atoms with van der Waals surface area (Å²) in [4.78, 5) is 0. The first kappa shape index (κ1) is 13.5. The Hall–Kier alpha value is -1.94. The third kappa shape index (κ3) is 3.51. The molecule has 2 rings (SSSR count). The second-order valence-electron chi connectivity index (χ2n) is 4.44. The van der Waals surface area contributed by atoms with E-state index in [9.17, 15) is 8.78 Å². The quantitative estimate of drug-likeness (QED) is 0.884. The number of phenols is 1.